The summed E-state index contributed by atoms with van der Waals surface area (Å²) in [5, 5.41) is 10.4. The number of nitrogens with zero attached hydrogens (tertiary/aromatic N) is 2. The van der Waals surface area contributed by atoms with Crippen LogP contribution >= 0.6 is 11.6 Å². The van der Waals surface area contributed by atoms with E-state index < -0.39 is 23.5 Å². The minimum absolute atomic E-state index is 0.00662. The van der Waals surface area contributed by atoms with Gasteiger partial charge in [-0.25, -0.2) is 4.79 Å². The van der Waals surface area contributed by atoms with E-state index in [9.17, 15) is 22.8 Å². The molecular weight excluding hydrogens is 565 g/mol. The molecule has 3 aromatic rings. The zero-order chi connectivity index (χ0) is 29.4. The summed E-state index contributed by atoms with van der Waals surface area (Å²) in [4.78, 5) is 30.6. The second kappa shape index (κ2) is 13.5. The second-order valence-electron chi connectivity index (χ2n) is 8.91. The van der Waals surface area contributed by atoms with Crippen LogP contribution in [0.3, 0.4) is 0 Å². The van der Waals surface area contributed by atoms with E-state index in [1.165, 1.54) is 25.4 Å². The summed E-state index contributed by atoms with van der Waals surface area (Å²) in [7, 11) is 1.48. The molecule has 14 heteroatoms. The SMILES string of the molecule is CNC(=O)c1cc(Oc2cccc(NC(=O)Nc3ccc(C(F)(F)F)c(OCCN4CCNCC4)c3Cl)c2)ccn1. The monoisotopic (exact) mass is 592 g/mol. The van der Waals surface area contributed by atoms with Gasteiger partial charge in [-0.3, -0.25) is 14.7 Å². The number of urea groups is 1. The predicted octanol–water partition coefficient (Wildman–Crippen LogP) is 4.83. The second-order valence-corrected chi connectivity index (χ2v) is 9.28. The van der Waals surface area contributed by atoms with Gasteiger partial charge in [-0.15, -0.1) is 0 Å². The molecule has 0 radical (unpaired) electrons. The number of alkyl halides is 3. The highest BCUT2D eigenvalue weighted by atomic mass is 35.5. The Bertz CT molecular complexity index is 1390. The fraction of sp³-hybridized carbons (Fsp3) is 0.296. The van der Waals surface area contributed by atoms with Gasteiger partial charge in [0.2, 0.25) is 0 Å². The van der Waals surface area contributed by atoms with E-state index >= 15 is 0 Å². The molecule has 0 unspecified atom stereocenters. The molecule has 2 heterocycles. The highest BCUT2D eigenvalue weighted by Crippen LogP contribution is 2.43. The number of ether oxygens (including phenoxy) is 2. The molecule has 0 atom stereocenters. The lowest BCUT2D eigenvalue weighted by Gasteiger charge is -2.27. The van der Waals surface area contributed by atoms with E-state index in [1.54, 1.807) is 24.3 Å². The van der Waals surface area contributed by atoms with Gasteiger partial charge in [-0.1, -0.05) is 17.7 Å². The highest BCUT2D eigenvalue weighted by molar-refractivity contribution is 6.35. The Morgan fingerprint density at radius 2 is 1.83 bits per heavy atom. The Hall–Kier alpha value is -4.07. The number of hydrogen-bond acceptors (Lipinski definition) is 7. The van der Waals surface area contributed by atoms with Crippen LogP contribution in [0.1, 0.15) is 16.1 Å². The number of rotatable bonds is 9. The number of hydrogen-bond donors (Lipinski definition) is 4. The summed E-state index contributed by atoms with van der Waals surface area (Å²) < 4.78 is 52.3. The first-order valence-corrected chi connectivity index (χ1v) is 13.0. The number of pyridine rings is 1. The molecule has 1 aliphatic heterocycles. The average molecular weight is 593 g/mol. The normalized spacial score (nSPS) is 13.8. The van der Waals surface area contributed by atoms with Gasteiger partial charge in [0.15, 0.2) is 5.75 Å². The van der Waals surface area contributed by atoms with Gasteiger partial charge in [-0.05, 0) is 30.3 Å². The lowest BCUT2D eigenvalue weighted by molar-refractivity contribution is -0.139. The summed E-state index contributed by atoms with van der Waals surface area (Å²) in [6, 6.07) is 10.5. The van der Waals surface area contributed by atoms with E-state index in [2.05, 4.69) is 31.2 Å². The Morgan fingerprint density at radius 1 is 1.07 bits per heavy atom. The van der Waals surface area contributed by atoms with Crippen molar-refractivity contribution in [3.63, 3.8) is 0 Å². The van der Waals surface area contributed by atoms with Crippen molar-refractivity contribution in [2.24, 2.45) is 0 Å². The quantitative estimate of drug-likeness (QED) is 0.281. The van der Waals surface area contributed by atoms with Crippen LogP contribution < -0.4 is 30.7 Å². The molecule has 0 bridgehead atoms. The van der Waals surface area contributed by atoms with E-state index in [0.717, 1.165) is 38.3 Å². The van der Waals surface area contributed by atoms with Gasteiger partial charge in [0, 0.05) is 63.8 Å². The van der Waals surface area contributed by atoms with Crippen molar-refractivity contribution in [3.05, 3.63) is 71.0 Å². The molecule has 0 saturated carbocycles. The number of amides is 3. The smallest absolute Gasteiger partial charge is 0.420 e. The van der Waals surface area contributed by atoms with Crippen LogP contribution in [0.5, 0.6) is 17.2 Å². The van der Waals surface area contributed by atoms with Crippen LogP contribution in [0.15, 0.2) is 54.7 Å². The number of aromatic nitrogens is 1. The zero-order valence-corrected chi connectivity index (χ0v) is 22.7. The van der Waals surface area contributed by atoms with Crippen molar-refractivity contribution in [1.29, 1.82) is 0 Å². The molecule has 4 N–H and O–H groups in total. The van der Waals surface area contributed by atoms with Gasteiger partial charge >= 0.3 is 12.2 Å². The molecule has 1 fully saturated rings. The third-order valence-electron chi connectivity index (χ3n) is 6.03. The molecule has 4 rings (SSSR count). The van der Waals surface area contributed by atoms with Crippen molar-refractivity contribution >= 4 is 34.9 Å². The minimum Gasteiger partial charge on any atom is -0.490 e. The van der Waals surface area contributed by atoms with Crippen LogP contribution in [0.4, 0.5) is 29.3 Å². The fourth-order valence-electron chi connectivity index (χ4n) is 4.01. The molecule has 0 aliphatic carbocycles. The van der Waals surface area contributed by atoms with Crippen LogP contribution in [0, 0.1) is 0 Å². The first kappa shape index (κ1) is 29.9. The maximum atomic E-state index is 13.7. The Kier molecular flexibility index (Phi) is 9.86. The van der Waals surface area contributed by atoms with Crippen molar-refractivity contribution in [2.75, 3.05) is 57.0 Å². The van der Waals surface area contributed by atoms with Crippen molar-refractivity contribution in [1.82, 2.24) is 20.5 Å². The third-order valence-corrected chi connectivity index (χ3v) is 6.41. The molecule has 1 aliphatic rings. The van der Waals surface area contributed by atoms with Gasteiger partial charge in [0.25, 0.3) is 5.91 Å². The number of carbonyl (C=O) groups excluding carboxylic acids is 2. The van der Waals surface area contributed by atoms with Gasteiger partial charge in [0.1, 0.15) is 28.8 Å². The average Bonchev–Trinajstić information content (AvgIpc) is 2.94. The first-order chi connectivity index (χ1) is 19.6. The van der Waals surface area contributed by atoms with E-state index in [-0.39, 0.29) is 28.9 Å². The largest absolute Gasteiger partial charge is 0.490 e. The summed E-state index contributed by atoms with van der Waals surface area (Å²) in [6.45, 7) is 3.53. The van der Waals surface area contributed by atoms with Crippen LogP contribution in [-0.4, -0.2) is 68.2 Å². The summed E-state index contributed by atoms with van der Waals surface area (Å²) >= 11 is 6.30. The molecule has 1 saturated heterocycles. The molecule has 1 aromatic heterocycles. The molecular formula is C27H28ClF3N6O4. The maximum absolute atomic E-state index is 13.7. The van der Waals surface area contributed by atoms with Crippen LogP contribution in [0.2, 0.25) is 5.02 Å². The molecule has 10 nitrogen and oxygen atoms in total. The fourth-order valence-corrected chi connectivity index (χ4v) is 4.28. The minimum atomic E-state index is -4.70. The number of carbonyl (C=O) groups is 2. The lowest BCUT2D eigenvalue weighted by atomic mass is 10.1. The maximum Gasteiger partial charge on any atom is 0.420 e. The Labute approximate surface area is 239 Å². The van der Waals surface area contributed by atoms with Crippen LogP contribution in [-0.2, 0) is 6.18 Å². The Balaban J connectivity index is 1.43. The molecule has 218 valence electrons. The van der Waals surface area contributed by atoms with E-state index in [0.29, 0.717) is 23.7 Å². The number of anilines is 2. The van der Waals surface area contributed by atoms with Gasteiger partial charge in [-0.2, -0.15) is 13.2 Å². The summed E-state index contributed by atoms with van der Waals surface area (Å²) in [5.41, 5.74) is -0.593. The number of nitrogens with one attached hydrogen (secondary N) is 4. The standard InChI is InChI=1S/C27H28ClF3N6O4/c1-32-25(38)22-16-19(7-8-34-22)41-18-4-2-3-17(15-18)35-26(39)36-21-6-5-20(27(29,30)31)24(23(21)28)40-14-13-37-11-9-33-10-12-37/h2-8,15-16,33H,9-14H2,1H3,(H,32,38)(H2,35,36,39). The predicted molar refractivity (Wildman–Crippen MR) is 148 cm³/mol. The van der Waals surface area contributed by atoms with Crippen molar-refractivity contribution in [3.8, 4) is 17.2 Å². The highest BCUT2D eigenvalue weighted by Gasteiger charge is 2.36. The zero-order valence-electron chi connectivity index (χ0n) is 22.0. The van der Waals surface area contributed by atoms with Crippen molar-refractivity contribution < 1.29 is 32.2 Å². The molecule has 3 amide bonds. The summed E-state index contributed by atoms with van der Waals surface area (Å²) in [6.07, 6.45) is -3.28. The summed E-state index contributed by atoms with van der Waals surface area (Å²) in [5.74, 6) is -0.223. The van der Waals surface area contributed by atoms with E-state index in [1.807, 2.05) is 0 Å². The third kappa shape index (κ3) is 8.22. The Morgan fingerprint density at radius 3 is 2.56 bits per heavy atom. The van der Waals surface area contributed by atoms with Gasteiger partial charge in [0.05, 0.1) is 11.3 Å². The lowest BCUT2D eigenvalue weighted by Crippen LogP contribution is -2.44. The number of halogens is 4. The van der Waals surface area contributed by atoms with Gasteiger partial charge < -0.3 is 30.7 Å². The van der Waals surface area contributed by atoms with E-state index in [4.69, 9.17) is 21.1 Å². The molecule has 2 aromatic carbocycles. The first-order valence-electron chi connectivity index (χ1n) is 12.6. The number of piperazine rings is 1. The van der Waals surface area contributed by atoms with Crippen LogP contribution in [0.25, 0.3) is 0 Å². The van der Waals surface area contributed by atoms with Crippen molar-refractivity contribution in [2.45, 2.75) is 6.18 Å². The molecule has 0 spiro atoms. The molecule has 41 heavy (non-hydrogen) atoms. The topological polar surface area (TPSA) is 117 Å². The number of benzene rings is 2.